The maximum atomic E-state index is 13.2. The minimum Gasteiger partial charge on any atom is -0.493 e. The number of allylic oxidation sites excluding steroid dienone is 1. The lowest BCUT2D eigenvalue weighted by atomic mass is 10.0. The Morgan fingerprint density at radius 3 is 2.72 bits per heavy atom. The summed E-state index contributed by atoms with van der Waals surface area (Å²) in [6.45, 7) is 4.01. The Kier molecular flexibility index (Phi) is 5.37. The molecule has 5 nitrogen and oxygen atoms in total. The first-order chi connectivity index (χ1) is 15.6. The van der Waals surface area contributed by atoms with E-state index in [-0.39, 0.29) is 17.4 Å². The lowest BCUT2D eigenvalue weighted by molar-refractivity contribution is 0.0872. The van der Waals surface area contributed by atoms with Gasteiger partial charge in [0.05, 0.1) is 17.7 Å². The van der Waals surface area contributed by atoms with Crippen LogP contribution in [0.4, 0.5) is 4.39 Å². The maximum absolute atomic E-state index is 13.2. The van der Waals surface area contributed by atoms with Crippen molar-refractivity contribution in [1.82, 2.24) is 4.90 Å². The third-order valence-electron chi connectivity index (χ3n) is 5.51. The monoisotopic (exact) mass is 431 g/mol. The zero-order valence-electron chi connectivity index (χ0n) is 17.6. The molecular formula is C26H22FNO4. The molecule has 0 fully saturated rings. The molecule has 32 heavy (non-hydrogen) atoms. The Labute approximate surface area is 185 Å². The summed E-state index contributed by atoms with van der Waals surface area (Å²) in [6, 6.07) is 17.5. The normalized spacial score (nSPS) is 16.3. The van der Waals surface area contributed by atoms with Gasteiger partial charge < -0.3 is 14.2 Å². The fourth-order valence-corrected chi connectivity index (χ4v) is 3.98. The third kappa shape index (κ3) is 3.85. The van der Waals surface area contributed by atoms with Gasteiger partial charge in [-0.1, -0.05) is 30.3 Å². The molecule has 162 valence electrons. The number of ether oxygens (including phenoxy) is 3. The van der Waals surface area contributed by atoms with Crippen LogP contribution in [0.5, 0.6) is 17.2 Å². The number of hydrogen-bond acceptors (Lipinski definition) is 5. The predicted molar refractivity (Wildman–Crippen MR) is 118 cm³/mol. The van der Waals surface area contributed by atoms with Gasteiger partial charge in [0, 0.05) is 18.7 Å². The number of ketones is 1. The Morgan fingerprint density at radius 2 is 1.91 bits per heavy atom. The van der Waals surface area contributed by atoms with Crippen LogP contribution in [-0.2, 0) is 13.1 Å². The van der Waals surface area contributed by atoms with E-state index in [4.69, 9.17) is 14.2 Å². The van der Waals surface area contributed by atoms with Gasteiger partial charge in [-0.3, -0.25) is 9.69 Å². The highest BCUT2D eigenvalue weighted by Gasteiger charge is 2.33. The van der Waals surface area contributed by atoms with Crippen molar-refractivity contribution >= 4 is 11.9 Å². The van der Waals surface area contributed by atoms with Crippen molar-refractivity contribution in [3.05, 3.63) is 94.5 Å². The Bertz CT molecular complexity index is 1200. The number of para-hydroxylation sites is 1. The molecule has 0 aliphatic carbocycles. The summed E-state index contributed by atoms with van der Waals surface area (Å²) < 4.78 is 30.9. The molecule has 5 rings (SSSR count). The number of hydrogen-bond donors (Lipinski definition) is 0. The van der Waals surface area contributed by atoms with Gasteiger partial charge in [0.25, 0.3) is 0 Å². The second kappa shape index (κ2) is 8.48. The molecule has 0 radical (unpaired) electrons. The van der Waals surface area contributed by atoms with Gasteiger partial charge in [-0.15, -0.1) is 0 Å². The van der Waals surface area contributed by atoms with Crippen LogP contribution in [0.2, 0.25) is 0 Å². The molecule has 2 heterocycles. The molecule has 0 amide bonds. The smallest absolute Gasteiger partial charge is 0.231 e. The number of Topliss-reactive ketones (excluding diaryl/α,β-unsaturated/α-hetero) is 1. The number of nitrogens with zero attached hydrogens (tertiary/aromatic N) is 1. The molecule has 0 saturated carbocycles. The molecule has 3 aromatic rings. The second-order valence-corrected chi connectivity index (χ2v) is 7.72. The average Bonchev–Trinajstić information content (AvgIpc) is 3.12. The standard InChI is InChI=1S/C26H22FNO4/c1-2-30-22-6-4-3-5-18(22)13-24-25(29)20-11-12-23-21(26(20)32-24)15-28(16-31-23)14-17-7-9-19(27)10-8-17/h3-13H,2,14-16H2,1H3/b24-13-. The van der Waals surface area contributed by atoms with Gasteiger partial charge >= 0.3 is 0 Å². The molecule has 0 aromatic heterocycles. The highest BCUT2D eigenvalue weighted by molar-refractivity contribution is 6.15. The summed E-state index contributed by atoms with van der Waals surface area (Å²) in [6.07, 6.45) is 1.72. The highest BCUT2D eigenvalue weighted by atomic mass is 19.1. The number of carbonyl (C=O) groups excluding carboxylic acids is 1. The van der Waals surface area contributed by atoms with Crippen LogP contribution < -0.4 is 14.2 Å². The van der Waals surface area contributed by atoms with Crippen molar-refractivity contribution < 1.29 is 23.4 Å². The summed E-state index contributed by atoms with van der Waals surface area (Å²) in [5.41, 5.74) is 3.13. The fraction of sp³-hybridized carbons (Fsp3) is 0.192. The summed E-state index contributed by atoms with van der Waals surface area (Å²) in [7, 11) is 0. The van der Waals surface area contributed by atoms with E-state index in [1.807, 2.05) is 37.3 Å². The van der Waals surface area contributed by atoms with Crippen LogP contribution in [0, 0.1) is 5.82 Å². The fourth-order valence-electron chi connectivity index (χ4n) is 3.98. The molecule has 0 spiro atoms. The van der Waals surface area contributed by atoms with Gasteiger partial charge in [0.1, 0.15) is 29.8 Å². The molecule has 0 unspecified atom stereocenters. The van der Waals surface area contributed by atoms with Crippen LogP contribution >= 0.6 is 0 Å². The van der Waals surface area contributed by atoms with Crippen molar-refractivity contribution in [3.8, 4) is 17.2 Å². The first kappa shape index (κ1) is 20.3. The Balaban J connectivity index is 1.42. The zero-order chi connectivity index (χ0) is 22.1. The summed E-state index contributed by atoms with van der Waals surface area (Å²) in [4.78, 5) is 15.1. The molecular weight excluding hydrogens is 409 g/mol. The maximum Gasteiger partial charge on any atom is 0.231 e. The van der Waals surface area contributed by atoms with Gasteiger partial charge in [0.2, 0.25) is 5.78 Å². The summed E-state index contributed by atoms with van der Waals surface area (Å²) in [5.74, 6) is 1.79. The molecule has 2 aliphatic heterocycles. The predicted octanol–water partition coefficient (Wildman–Crippen LogP) is 5.19. The summed E-state index contributed by atoms with van der Waals surface area (Å²) in [5, 5.41) is 0. The number of carbonyl (C=O) groups is 1. The Hall–Kier alpha value is -3.64. The van der Waals surface area contributed by atoms with Crippen LogP contribution in [0.3, 0.4) is 0 Å². The number of halogens is 1. The van der Waals surface area contributed by atoms with Crippen molar-refractivity contribution in [2.24, 2.45) is 0 Å². The van der Waals surface area contributed by atoms with Crippen molar-refractivity contribution in [1.29, 1.82) is 0 Å². The van der Waals surface area contributed by atoms with E-state index in [1.165, 1.54) is 12.1 Å². The van der Waals surface area contributed by atoms with Crippen molar-refractivity contribution in [2.75, 3.05) is 13.3 Å². The van der Waals surface area contributed by atoms with Gasteiger partial charge in [-0.2, -0.15) is 0 Å². The van der Waals surface area contributed by atoms with Gasteiger partial charge in [0.15, 0.2) is 5.76 Å². The van der Waals surface area contributed by atoms with Gasteiger partial charge in [-0.05, 0) is 48.9 Å². The van der Waals surface area contributed by atoms with Crippen molar-refractivity contribution in [3.63, 3.8) is 0 Å². The van der Waals surface area contributed by atoms with Crippen molar-refractivity contribution in [2.45, 2.75) is 20.0 Å². The van der Waals surface area contributed by atoms with E-state index in [2.05, 4.69) is 4.90 Å². The number of benzene rings is 3. The van der Waals surface area contributed by atoms with E-state index in [0.717, 1.165) is 16.7 Å². The summed E-state index contributed by atoms with van der Waals surface area (Å²) >= 11 is 0. The first-order valence-corrected chi connectivity index (χ1v) is 10.5. The van der Waals surface area contributed by atoms with Crippen LogP contribution in [0.25, 0.3) is 6.08 Å². The van der Waals surface area contributed by atoms with Crippen LogP contribution in [-0.4, -0.2) is 24.0 Å². The molecule has 0 atom stereocenters. The van der Waals surface area contributed by atoms with Gasteiger partial charge in [-0.25, -0.2) is 4.39 Å². The van der Waals surface area contributed by atoms with E-state index < -0.39 is 0 Å². The second-order valence-electron chi connectivity index (χ2n) is 7.72. The minimum atomic E-state index is -0.260. The highest BCUT2D eigenvalue weighted by Crippen LogP contribution is 2.42. The molecule has 0 bridgehead atoms. The molecule has 3 aromatic carbocycles. The van der Waals surface area contributed by atoms with Crippen LogP contribution in [0.1, 0.15) is 34.0 Å². The minimum absolute atomic E-state index is 0.162. The third-order valence-corrected chi connectivity index (χ3v) is 5.51. The lowest BCUT2D eigenvalue weighted by Gasteiger charge is -2.29. The van der Waals surface area contributed by atoms with Crippen LogP contribution in [0.15, 0.2) is 66.4 Å². The first-order valence-electron chi connectivity index (χ1n) is 10.5. The quantitative estimate of drug-likeness (QED) is 0.520. The number of rotatable bonds is 5. The Morgan fingerprint density at radius 1 is 1.09 bits per heavy atom. The number of fused-ring (bicyclic) bond motifs is 3. The topological polar surface area (TPSA) is 48.0 Å². The SMILES string of the molecule is CCOc1ccccc1/C=C1\Oc2c(ccc3c2CN(Cc2ccc(F)cc2)CO3)C1=O. The molecule has 0 N–H and O–H groups in total. The molecule has 2 aliphatic rings. The van der Waals surface area contributed by atoms with E-state index in [0.29, 0.717) is 49.2 Å². The van der Waals surface area contributed by atoms with E-state index in [9.17, 15) is 9.18 Å². The van der Waals surface area contributed by atoms with E-state index in [1.54, 1.807) is 24.3 Å². The molecule has 6 heteroatoms. The lowest BCUT2D eigenvalue weighted by Crippen LogP contribution is -2.31. The molecule has 0 saturated heterocycles. The largest absolute Gasteiger partial charge is 0.493 e. The average molecular weight is 431 g/mol. The van der Waals surface area contributed by atoms with E-state index >= 15 is 0 Å². The zero-order valence-corrected chi connectivity index (χ0v) is 17.6.